The molecule has 0 aliphatic heterocycles. The molecule has 0 saturated heterocycles. The van der Waals surface area contributed by atoms with Crippen molar-refractivity contribution in [3.8, 4) is 0 Å². The number of benzene rings is 1. The summed E-state index contributed by atoms with van der Waals surface area (Å²) in [4.78, 5) is 14.9. The average Bonchev–Trinajstić information content (AvgIpc) is 2.26. The maximum Gasteiger partial charge on any atom is 0.307 e. The molecular weight excluding hydrogens is 214 g/mol. The molecule has 1 aromatic carbocycles. The topological polar surface area (TPSA) is 50.2 Å². The summed E-state index contributed by atoms with van der Waals surface area (Å²) in [6, 6.07) is 5.77. The summed E-state index contributed by atoms with van der Waals surface area (Å²) in [7, 11) is 0. The zero-order chi connectivity index (χ0) is 12.4. The first kappa shape index (κ1) is 11.6. The van der Waals surface area contributed by atoms with Crippen LogP contribution in [0.3, 0.4) is 0 Å². The molecular formula is C14H15NO2. The van der Waals surface area contributed by atoms with Crippen LogP contribution in [0.15, 0.2) is 30.6 Å². The minimum atomic E-state index is -0.808. The number of fused-ring (bicyclic) bond motifs is 1. The highest BCUT2D eigenvalue weighted by Gasteiger charge is 2.07. The number of hydrogen-bond acceptors (Lipinski definition) is 2. The maximum atomic E-state index is 10.7. The monoisotopic (exact) mass is 229 g/mol. The lowest BCUT2D eigenvalue weighted by atomic mass is 9.97. The summed E-state index contributed by atoms with van der Waals surface area (Å²) in [6.07, 6.45) is 3.72. The van der Waals surface area contributed by atoms with Crippen molar-refractivity contribution in [1.82, 2.24) is 4.98 Å². The van der Waals surface area contributed by atoms with Crippen molar-refractivity contribution in [3.05, 3.63) is 41.7 Å². The van der Waals surface area contributed by atoms with Crippen LogP contribution >= 0.6 is 0 Å². The van der Waals surface area contributed by atoms with Crippen LogP contribution in [0.5, 0.6) is 0 Å². The highest BCUT2D eigenvalue weighted by molar-refractivity contribution is 5.86. The maximum absolute atomic E-state index is 10.7. The fourth-order valence-corrected chi connectivity index (χ4v) is 1.99. The Morgan fingerprint density at radius 2 is 2.12 bits per heavy atom. The van der Waals surface area contributed by atoms with Crippen LogP contribution in [0.4, 0.5) is 0 Å². The number of pyridine rings is 1. The first-order chi connectivity index (χ1) is 8.08. The summed E-state index contributed by atoms with van der Waals surface area (Å²) in [5.41, 5.74) is 2.01. The Kier molecular flexibility index (Phi) is 3.09. The molecule has 17 heavy (non-hydrogen) atoms. The number of nitrogens with zero attached hydrogens (tertiary/aromatic N) is 1. The molecule has 2 aromatic rings. The summed E-state index contributed by atoms with van der Waals surface area (Å²) in [5.74, 6) is -0.395. The lowest BCUT2D eigenvalue weighted by Gasteiger charge is -2.09. The van der Waals surface area contributed by atoms with Gasteiger partial charge in [-0.2, -0.15) is 0 Å². The SMILES string of the molecule is CC(C)c1cncc2cc(CC(=O)O)ccc12. The van der Waals surface area contributed by atoms with E-state index in [9.17, 15) is 4.79 Å². The standard InChI is InChI=1S/C14H15NO2/c1-9(2)13-8-15-7-11-5-10(6-14(16)17)3-4-12(11)13/h3-5,7-9H,6H2,1-2H3,(H,16,17). The molecule has 1 aromatic heterocycles. The first-order valence-electron chi connectivity index (χ1n) is 5.66. The van der Waals surface area contributed by atoms with E-state index in [2.05, 4.69) is 18.8 Å². The molecule has 0 aliphatic rings. The van der Waals surface area contributed by atoms with Crippen molar-refractivity contribution < 1.29 is 9.90 Å². The predicted molar refractivity (Wildman–Crippen MR) is 67.2 cm³/mol. The van der Waals surface area contributed by atoms with E-state index in [-0.39, 0.29) is 6.42 Å². The molecule has 88 valence electrons. The number of aromatic nitrogens is 1. The Morgan fingerprint density at radius 1 is 1.35 bits per heavy atom. The molecule has 0 radical (unpaired) electrons. The normalized spacial score (nSPS) is 11.0. The summed E-state index contributed by atoms with van der Waals surface area (Å²) >= 11 is 0. The second-order valence-corrected chi connectivity index (χ2v) is 4.51. The molecule has 0 atom stereocenters. The van der Waals surface area contributed by atoms with Crippen molar-refractivity contribution in [2.45, 2.75) is 26.2 Å². The molecule has 1 heterocycles. The fraction of sp³-hybridized carbons (Fsp3) is 0.286. The molecule has 0 fully saturated rings. The second-order valence-electron chi connectivity index (χ2n) is 4.51. The van der Waals surface area contributed by atoms with Gasteiger partial charge in [-0.05, 0) is 28.5 Å². The zero-order valence-corrected chi connectivity index (χ0v) is 9.97. The van der Waals surface area contributed by atoms with Crippen LogP contribution in [0.1, 0.15) is 30.9 Å². The number of carboxylic acids is 1. The van der Waals surface area contributed by atoms with E-state index in [1.807, 2.05) is 24.4 Å². The molecule has 3 heteroatoms. The van der Waals surface area contributed by atoms with Gasteiger partial charge in [-0.1, -0.05) is 26.0 Å². The quantitative estimate of drug-likeness (QED) is 0.880. The smallest absolute Gasteiger partial charge is 0.307 e. The highest BCUT2D eigenvalue weighted by Crippen LogP contribution is 2.25. The molecule has 1 N–H and O–H groups in total. The molecule has 0 saturated carbocycles. The van der Waals surface area contributed by atoms with Gasteiger partial charge in [-0.3, -0.25) is 9.78 Å². The van der Waals surface area contributed by atoms with E-state index in [1.165, 1.54) is 5.56 Å². The largest absolute Gasteiger partial charge is 0.481 e. The molecule has 0 amide bonds. The van der Waals surface area contributed by atoms with Gasteiger partial charge in [0.15, 0.2) is 0 Å². The summed E-state index contributed by atoms with van der Waals surface area (Å²) in [5, 5.41) is 10.9. The molecule has 3 nitrogen and oxygen atoms in total. The van der Waals surface area contributed by atoms with Gasteiger partial charge in [0.2, 0.25) is 0 Å². The van der Waals surface area contributed by atoms with E-state index < -0.39 is 5.97 Å². The average molecular weight is 229 g/mol. The van der Waals surface area contributed by atoms with E-state index in [4.69, 9.17) is 5.11 Å². The minimum absolute atomic E-state index is 0.0574. The molecule has 0 unspecified atom stereocenters. The van der Waals surface area contributed by atoms with E-state index in [0.717, 1.165) is 16.3 Å². The van der Waals surface area contributed by atoms with Crippen LogP contribution in [0.2, 0.25) is 0 Å². The van der Waals surface area contributed by atoms with Crippen molar-refractivity contribution in [2.24, 2.45) is 0 Å². The molecule has 0 spiro atoms. The van der Waals surface area contributed by atoms with Crippen LogP contribution in [0, 0.1) is 0 Å². The van der Waals surface area contributed by atoms with E-state index in [0.29, 0.717) is 5.92 Å². The molecule has 2 rings (SSSR count). The van der Waals surface area contributed by atoms with Crippen molar-refractivity contribution >= 4 is 16.7 Å². The Balaban J connectivity index is 2.53. The number of aliphatic carboxylic acids is 1. The van der Waals surface area contributed by atoms with Crippen molar-refractivity contribution in [3.63, 3.8) is 0 Å². The van der Waals surface area contributed by atoms with E-state index in [1.54, 1.807) is 6.20 Å². The number of hydrogen-bond donors (Lipinski definition) is 1. The van der Waals surface area contributed by atoms with Crippen LogP contribution in [0.25, 0.3) is 10.8 Å². The Labute approximate surface area is 100 Å². The van der Waals surface area contributed by atoms with E-state index >= 15 is 0 Å². The van der Waals surface area contributed by atoms with Crippen LogP contribution in [-0.2, 0) is 11.2 Å². The third-order valence-corrected chi connectivity index (χ3v) is 2.83. The van der Waals surface area contributed by atoms with Gasteiger partial charge in [0.25, 0.3) is 0 Å². The fourth-order valence-electron chi connectivity index (χ4n) is 1.99. The van der Waals surface area contributed by atoms with Gasteiger partial charge in [-0.25, -0.2) is 0 Å². The Morgan fingerprint density at radius 3 is 2.76 bits per heavy atom. The predicted octanol–water partition coefficient (Wildman–Crippen LogP) is 2.99. The second kappa shape index (κ2) is 4.53. The third-order valence-electron chi connectivity index (χ3n) is 2.83. The highest BCUT2D eigenvalue weighted by atomic mass is 16.4. The van der Waals surface area contributed by atoms with Gasteiger partial charge in [0, 0.05) is 17.8 Å². The van der Waals surface area contributed by atoms with Gasteiger partial charge in [0.05, 0.1) is 6.42 Å². The minimum Gasteiger partial charge on any atom is -0.481 e. The lowest BCUT2D eigenvalue weighted by Crippen LogP contribution is -2.00. The zero-order valence-electron chi connectivity index (χ0n) is 9.97. The first-order valence-corrected chi connectivity index (χ1v) is 5.66. The van der Waals surface area contributed by atoms with Gasteiger partial charge in [-0.15, -0.1) is 0 Å². The number of carboxylic acid groups (broad SMARTS) is 1. The Hall–Kier alpha value is -1.90. The summed E-state index contributed by atoms with van der Waals surface area (Å²) < 4.78 is 0. The lowest BCUT2D eigenvalue weighted by molar-refractivity contribution is -0.136. The third kappa shape index (κ3) is 2.44. The Bertz CT molecular complexity index is 561. The van der Waals surface area contributed by atoms with Crippen LogP contribution in [-0.4, -0.2) is 16.1 Å². The van der Waals surface area contributed by atoms with Crippen molar-refractivity contribution in [1.29, 1.82) is 0 Å². The number of rotatable bonds is 3. The van der Waals surface area contributed by atoms with Crippen LogP contribution < -0.4 is 0 Å². The van der Waals surface area contributed by atoms with Crippen molar-refractivity contribution in [2.75, 3.05) is 0 Å². The van der Waals surface area contributed by atoms with Gasteiger partial charge < -0.3 is 5.11 Å². The molecule has 0 bridgehead atoms. The molecule has 0 aliphatic carbocycles. The number of carbonyl (C=O) groups is 1. The summed E-state index contributed by atoms with van der Waals surface area (Å²) in [6.45, 7) is 4.25. The van der Waals surface area contributed by atoms with Gasteiger partial charge in [0.1, 0.15) is 0 Å². The van der Waals surface area contributed by atoms with Gasteiger partial charge >= 0.3 is 5.97 Å².